The van der Waals surface area contributed by atoms with Gasteiger partial charge in [0.25, 0.3) is 0 Å². The molecule has 3 rings (SSSR count). The summed E-state index contributed by atoms with van der Waals surface area (Å²) in [6.45, 7) is 2.07. The van der Waals surface area contributed by atoms with Crippen molar-refractivity contribution in [3.63, 3.8) is 0 Å². The lowest BCUT2D eigenvalue weighted by molar-refractivity contribution is -0.115. The van der Waals surface area contributed by atoms with Crippen molar-refractivity contribution in [3.8, 4) is 11.5 Å². The van der Waals surface area contributed by atoms with Crippen LogP contribution < -0.4 is 14.8 Å². The average Bonchev–Trinajstić information content (AvgIpc) is 3.13. The number of aromatic nitrogens is 2. The average molecular weight is 416 g/mol. The van der Waals surface area contributed by atoms with Gasteiger partial charge in [0.05, 0.1) is 20.6 Å². The SMILES string of the molecule is COc1ccc(CC(=O)Nc2nnc(SCc3cccc(C)c3)s2)cc1OC. The van der Waals surface area contributed by atoms with Gasteiger partial charge in [0, 0.05) is 5.75 Å². The molecule has 6 nitrogen and oxygen atoms in total. The number of nitrogens with zero attached hydrogens (tertiary/aromatic N) is 2. The van der Waals surface area contributed by atoms with Crippen molar-refractivity contribution in [2.45, 2.75) is 23.4 Å². The van der Waals surface area contributed by atoms with E-state index in [0.717, 1.165) is 15.7 Å². The first kappa shape index (κ1) is 20.2. The highest BCUT2D eigenvalue weighted by atomic mass is 32.2. The van der Waals surface area contributed by atoms with Crippen LogP contribution in [-0.4, -0.2) is 30.3 Å². The zero-order chi connectivity index (χ0) is 19.9. The Morgan fingerprint density at radius 1 is 1.07 bits per heavy atom. The summed E-state index contributed by atoms with van der Waals surface area (Å²) in [5.41, 5.74) is 3.30. The van der Waals surface area contributed by atoms with Crippen molar-refractivity contribution in [2.75, 3.05) is 19.5 Å². The largest absolute Gasteiger partial charge is 0.493 e. The van der Waals surface area contributed by atoms with Crippen molar-refractivity contribution < 1.29 is 14.3 Å². The van der Waals surface area contributed by atoms with Gasteiger partial charge in [-0.25, -0.2) is 0 Å². The van der Waals surface area contributed by atoms with Gasteiger partial charge >= 0.3 is 0 Å². The summed E-state index contributed by atoms with van der Waals surface area (Å²) in [5, 5.41) is 11.5. The van der Waals surface area contributed by atoms with E-state index in [-0.39, 0.29) is 12.3 Å². The van der Waals surface area contributed by atoms with Gasteiger partial charge in [-0.1, -0.05) is 59.0 Å². The smallest absolute Gasteiger partial charge is 0.230 e. The van der Waals surface area contributed by atoms with Crippen LogP contribution >= 0.6 is 23.1 Å². The molecule has 28 heavy (non-hydrogen) atoms. The summed E-state index contributed by atoms with van der Waals surface area (Å²) in [7, 11) is 3.15. The van der Waals surface area contributed by atoms with Crippen molar-refractivity contribution >= 4 is 34.1 Å². The first-order valence-corrected chi connectivity index (χ1v) is 10.4. The normalized spacial score (nSPS) is 10.5. The summed E-state index contributed by atoms with van der Waals surface area (Å²) in [6, 6.07) is 13.8. The minimum Gasteiger partial charge on any atom is -0.493 e. The highest BCUT2D eigenvalue weighted by Crippen LogP contribution is 2.29. The Balaban J connectivity index is 1.55. The number of methoxy groups -OCH3 is 2. The molecule has 1 N–H and O–H groups in total. The molecule has 0 radical (unpaired) electrons. The maximum absolute atomic E-state index is 12.3. The van der Waals surface area contributed by atoms with Gasteiger partial charge in [0.15, 0.2) is 15.8 Å². The fourth-order valence-corrected chi connectivity index (χ4v) is 4.32. The second kappa shape index (κ2) is 9.57. The van der Waals surface area contributed by atoms with Gasteiger partial charge in [0.1, 0.15) is 0 Å². The van der Waals surface area contributed by atoms with Gasteiger partial charge in [-0.3, -0.25) is 4.79 Å². The molecule has 146 valence electrons. The van der Waals surface area contributed by atoms with E-state index in [1.165, 1.54) is 22.5 Å². The Kier molecular flexibility index (Phi) is 6.89. The van der Waals surface area contributed by atoms with E-state index in [1.54, 1.807) is 38.1 Å². The lowest BCUT2D eigenvalue weighted by atomic mass is 10.1. The molecule has 0 fully saturated rings. The number of amides is 1. The zero-order valence-electron chi connectivity index (χ0n) is 15.9. The first-order chi connectivity index (χ1) is 13.6. The number of ether oxygens (including phenoxy) is 2. The van der Waals surface area contributed by atoms with Gasteiger partial charge in [0.2, 0.25) is 11.0 Å². The fourth-order valence-electron chi connectivity index (χ4n) is 2.61. The van der Waals surface area contributed by atoms with Crippen LogP contribution in [0.15, 0.2) is 46.8 Å². The van der Waals surface area contributed by atoms with Crippen molar-refractivity contribution in [1.29, 1.82) is 0 Å². The van der Waals surface area contributed by atoms with E-state index in [4.69, 9.17) is 9.47 Å². The summed E-state index contributed by atoms with van der Waals surface area (Å²) >= 11 is 2.98. The van der Waals surface area contributed by atoms with Crippen molar-refractivity contribution in [3.05, 3.63) is 59.2 Å². The molecule has 1 aromatic heterocycles. The van der Waals surface area contributed by atoms with Crippen LogP contribution in [-0.2, 0) is 17.0 Å². The Morgan fingerprint density at radius 3 is 2.64 bits per heavy atom. The summed E-state index contributed by atoms with van der Waals surface area (Å²) < 4.78 is 11.3. The number of carbonyl (C=O) groups is 1. The van der Waals surface area contributed by atoms with Gasteiger partial charge in [-0.05, 0) is 30.2 Å². The maximum atomic E-state index is 12.3. The number of nitrogens with one attached hydrogen (secondary N) is 1. The lowest BCUT2D eigenvalue weighted by Gasteiger charge is -2.09. The van der Waals surface area contributed by atoms with Crippen LogP contribution in [0, 0.1) is 6.92 Å². The van der Waals surface area contributed by atoms with Crippen LogP contribution in [0.2, 0.25) is 0 Å². The van der Waals surface area contributed by atoms with Crippen molar-refractivity contribution in [2.24, 2.45) is 0 Å². The molecule has 0 saturated heterocycles. The second-order valence-corrected chi connectivity index (χ2v) is 8.27. The predicted octanol–water partition coefficient (Wildman–Crippen LogP) is 4.34. The van der Waals surface area contributed by atoms with E-state index in [1.807, 2.05) is 12.1 Å². The highest BCUT2D eigenvalue weighted by molar-refractivity contribution is 8.00. The number of thioether (sulfide) groups is 1. The number of hydrogen-bond donors (Lipinski definition) is 1. The number of rotatable bonds is 8. The number of aryl methyl sites for hydroxylation is 1. The second-order valence-electron chi connectivity index (χ2n) is 6.07. The number of carbonyl (C=O) groups excluding carboxylic acids is 1. The number of benzene rings is 2. The van der Waals surface area contributed by atoms with E-state index < -0.39 is 0 Å². The molecule has 2 aromatic carbocycles. The molecular formula is C20H21N3O3S2. The van der Waals surface area contributed by atoms with Crippen LogP contribution in [0.5, 0.6) is 11.5 Å². The van der Waals surface area contributed by atoms with Crippen LogP contribution in [0.4, 0.5) is 5.13 Å². The molecule has 0 bridgehead atoms. The van der Waals surface area contributed by atoms with Crippen molar-refractivity contribution in [1.82, 2.24) is 10.2 Å². The van der Waals surface area contributed by atoms with Gasteiger partial charge in [-0.15, -0.1) is 10.2 Å². The van der Waals surface area contributed by atoms with Gasteiger partial charge < -0.3 is 14.8 Å². The van der Waals surface area contributed by atoms with E-state index in [0.29, 0.717) is 16.6 Å². The first-order valence-electron chi connectivity index (χ1n) is 8.60. The number of hydrogen-bond acceptors (Lipinski definition) is 7. The summed E-state index contributed by atoms with van der Waals surface area (Å²) in [5.74, 6) is 1.89. The third-order valence-corrected chi connectivity index (χ3v) is 5.95. The molecule has 0 atom stereocenters. The van der Waals surface area contributed by atoms with E-state index in [2.05, 4.69) is 40.6 Å². The molecule has 8 heteroatoms. The van der Waals surface area contributed by atoms with E-state index >= 15 is 0 Å². The molecule has 0 aliphatic heterocycles. The Bertz CT molecular complexity index is 959. The molecule has 1 amide bonds. The lowest BCUT2D eigenvalue weighted by Crippen LogP contribution is -2.14. The van der Waals surface area contributed by atoms with E-state index in [9.17, 15) is 4.79 Å². The predicted molar refractivity (Wildman–Crippen MR) is 113 cm³/mol. The zero-order valence-corrected chi connectivity index (χ0v) is 17.5. The minimum atomic E-state index is -0.154. The Hall–Kier alpha value is -2.58. The number of anilines is 1. The van der Waals surface area contributed by atoms with Crippen LogP contribution in [0.25, 0.3) is 0 Å². The van der Waals surface area contributed by atoms with Crippen LogP contribution in [0.1, 0.15) is 16.7 Å². The summed E-state index contributed by atoms with van der Waals surface area (Å²) in [4.78, 5) is 12.3. The van der Waals surface area contributed by atoms with Crippen LogP contribution in [0.3, 0.4) is 0 Å². The molecular weight excluding hydrogens is 394 g/mol. The van der Waals surface area contributed by atoms with Gasteiger partial charge in [-0.2, -0.15) is 0 Å². The quantitative estimate of drug-likeness (QED) is 0.436. The fraction of sp³-hybridized carbons (Fsp3) is 0.250. The Morgan fingerprint density at radius 2 is 1.89 bits per heavy atom. The Labute approximate surface area is 172 Å². The topological polar surface area (TPSA) is 73.3 Å². The highest BCUT2D eigenvalue weighted by Gasteiger charge is 2.12. The standard InChI is InChI=1S/C20H21N3O3S2/c1-13-5-4-6-15(9-13)12-27-20-23-22-19(28-20)21-18(24)11-14-7-8-16(25-2)17(10-14)26-3/h4-10H,11-12H2,1-3H3,(H,21,22,24). The molecule has 0 saturated carbocycles. The maximum Gasteiger partial charge on any atom is 0.230 e. The minimum absolute atomic E-state index is 0.154. The molecule has 0 unspecified atom stereocenters. The molecule has 0 spiro atoms. The third kappa shape index (κ3) is 5.46. The third-order valence-electron chi connectivity index (χ3n) is 3.91. The molecule has 0 aliphatic rings. The molecule has 1 heterocycles. The molecule has 0 aliphatic carbocycles. The molecule has 3 aromatic rings. The monoisotopic (exact) mass is 415 g/mol. The summed E-state index contributed by atoms with van der Waals surface area (Å²) in [6.07, 6.45) is 0.214.